The monoisotopic (exact) mass is 305 g/mol. The molecule has 0 amide bonds. The summed E-state index contributed by atoms with van der Waals surface area (Å²) < 4.78 is 53.1. The minimum Gasteiger partial charge on any atom is -0.250 e. The zero-order valence-electron chi connectivity index (χ0n) is 8.15. The summed E-state index contributed by atoms with van der Waals surface area (Å²) in [5.41, 5.74) is -1.19. The van der Waals surface area contributed by atoms with Gasteiger partial charge in [0.25, 0.3) is 0 Å². The Kier molecular flexibility index (Phi) is 3.15. The fraction of sp³-hybridized carbons (Fsp3) is 0. The highest BCUT2D eigenvalue weighted by molar-refractivity contribution is 9.10. The van der Waals surface area contributed by atoms with Crippen LogP contribution >= 0.6 is 15.9 Å². The number of hydrogen-bond acceptors (Lipinski definition) is 1. The molecule has 1 aromatic heterocycles. The maximum atomic E-state index is 13.6. The van der Waals surface area contributed by atoms with E-state index in [4.69, 9.17) is 0 Å². The highest BCUT2D eigenvalue weighted by atomic mass is 79.9. The van der Waals surface area contributed by atoms with Gasteiger partial charge in [0, 0.05) is 6.07 Å². The van der Waals surface area contributed by atoms with E-state index in [1.54, 1.807) is 0 Å². The van der Waals surface area contributed by atoms with Crippen molar-refractivity contribution in [3.63, 3.8) is 0 Å². The normalized spacial score (nSPS) is 10.6. The summed E-state index contributed by atoms with van der Waals surface area (Å²) >= 11 is 2.85. The number of nitrogens with zero attached hydrogens (tertiary/aromatic N) is 1. The summed E-state index contributed by atoms with van der Waals surface area (Å²) in [6.45, 7) is 0. The van der Waals surface area contributed by atoms with Crippen molar-refractivity contribution in [2.75, 3.05) is 0 Å². The summed E-state index contributed by atoms with van der Waals surface area (Å²) in [6.07, 6.45) is 0.693. The molecule has 2 rings (SSSR count). The Balaban J connectivity index is 2.72. The number of pyridine rings is 1. The van der Waals surface area contributed by atoms with Crippen LogP contribution in [0.15, 0.2) is 28.9 Å². The van der Waals surface area contributed by atoms with Gasteiger partial charge < -0.3 is 0 Å². The van der Waals surface area contributed by atoms with Gasteiger partial charge in [-0.25, -0.2) is 22.5 Å². The second kappa shape index (κ2) is 4.44. The number of aromatic nitrogens is 1. The van der Waals surface area contributed by atoms with Crippen molar-refractivity contribution >= 4 is 15.9 Å². The van der Waals surface area contributed by atoms with Gasteiger partial charge in [-0.1, -0.05) is 0 Å². The van der Waals surface area contributed by atoms with E-state index in [1.165, 1.54) is 0 Å². The third-order valence-corrected chi connectivity index (χ3v) is 2.70. The maximum Gasteiger partial charge on any atom is 0.152 e. The van der Waals surface area contributed by atoms with Gasteiger partial charge in [0.1, 0.15) is 23.1 Å². The van der Waals surface area contributed by atoms with Gasteiger partial charge in [0.15, 0.2) is 5.82 Å². The van der Waals surface area contributed by atoms with Crippen molar-refractivity contribution < 1.29 is 17.6 Å². The molecular formula is C11H4BrF4N. The third-order valence-electron chi connectivity index (χ3n) is 2.09. The van der Waals surface area contributed by atoms with E-state index < -0.39 is 34.5 Å². The first kappa shape index (κ1) is 12.0. The van der Waals surface area contributed by atoms with Gasteiger partial charge in [-0.05, 0) is 28.1 Å². The van der Waals surface area contributed by atoms with Crippen molar-refractivity contribution in [3.8, 4) is 11.3 Å². The van der Waals surface area contributed by atoms with E-state index >= 15 is 0 Å². The molecule has 0 saturated heterocycles. The molecule has 0 fully saturated rings. The third kappa shape index (κ3) is 2.17. The highest BCUT2D eigenvalue weighted by Gasteiger charge is 2.19. The number of halogens is 5. The van der Waals surface area contributed by atoms with Gasteiger partial charge in [-0.15, -0.1) is 0 Å². The molecule has 1 aromatic carbocycles. The molecule has 0 radical (unpaired) electrons. The molecule has 0 atom stereocenters. The van der Waals surface area contributed by atoms with Crippen molar-refractivity contribution in [1.82, 2.24) is 4.98 Å². The van der Waals surface area contributed by atoms with Crippen molar-refractivity contribution in [2.24, 2.45) is 0 Å². The number of benzene rings is 1. The lowest BCUT2D eigenvalue weighted by Gasteiger charge is -2.06. The molecule has 0 unspecified atom stereocenters. The molecule has 1 nitrogen and oxygen atoms in total. The van der Waals surface area contributed by atoms with E-state index in [0.717, 1.165) is 12.1 Å². The van der Waals surface area contributed by atoms with Gasteiger partial charge in [-0.3, -0.25) is 0 Å². The minimum atomic E-state index is -1.12. The van der Waals surface area contributed by atoms with Crippen LogP contribution in [0.3, 0.4) is 0 Å². The number of rotatable bonds is 1. The first-order chi connectivity index (χ1) is 8.00. The molecule has 88 valence electrons. The summed E-state index contributed by atoms with van der Waals surface area (Å²) in [4.78, 5) is 3.36. The molecular weight excluding hydrogens is 302 g/mol. The van der Waals surface area contributed by atoms with Crippen LogP contribution < -0.4 is 0 Å². The van der Waals surface area contributed by atoms with Gasteiger partial charge in [0.2, 0.25) is 0 Å². The Morgan fingerprint density at radius 1 is 1.00 bits per heavy atom. The molecule has 0 aliphatic carbocycles. The van der Waals surface area contributed by atoms with E-state index in [-0.39, 0.29) is 4.47 Å². The van der Waals surface area contributed by atoms with Gasteiger partial charge in [-0.2, -0.15) is 0 Å². The highest BCUT2D eigenvalue weighted by Crippen LogP contribution is 2.30. The minimum absolute atomic E-state index is 0.0283. The van der Waals surface area contributed by atoms with E-state index in [9.17, 15) is 17.6 Å². The van der Waals surface area contributed by atoms with Crippen molar-refractivity contribution in [1.29, 1.82) is 0 Å². The van der Waals surface area contributed by atoms with Crippen LogP contribution in [0.25, 0.3) is 11.3 Å². The topological polar surface area (TPSA) is 12.9 Å². The Hall–Kier alpha value is -1.43. The molecule has 6 heteroatoms. The van der Waals surface area contributed by atoms with E-state index in [2.05, 4.69) is 20.9 Å². The largest absolute Gasteiger partial charge is 0.250 e. The Morgan fingerprint density at radius 2 is 1.71 bits per heavy atom. The smallest absolute Gasteiger partial charge is 0.152 e. The van der Waals surface area contributed by atoms with Crippen LogP contribution in [0.2, 0.25) is 0 Å². The van der Waals surface area contributed by atoms with Gasteiger partial charge >= 0.3 is 0 Å². The summed E-state index contributed by atoms with van der Waals surface area (Å²) in [7, 11) is 0. The molecule has 0 saturated carbocycles. The zero-order chi connectivity index (χ0) is 12.6. The Bertz CT molecular complexity index is 586. The second-order valence-corrected chi connectivity index (χ2v) is 4.06. The van der Waals surface area contributed by atoms with Crippen molar-refractivity contribution in [2.45, 2.75) is 0 Å². The van der Waals surface area contributed by atoms with Crippen molar-refractivity contribution in [3.05, 3.63) is 52.1 Å². The van der Waals surface area contributed by atoms with Crippen LogP contribution in [0, 0.1) is 23.3 Å². The molecule has 2 aromatic rings. The van der Waals surface area contributed by atoms with E-state index in [1.807, 2.05) is 0 Å². The molecule has 0 N–H and O–H groups in total. The van der Waals surface area contributed by atoms with Crippen LogP contribution in [0.5, 0.6) is 0 Å². The lowest BCUT2D eigenvalue weighted by molar-refractivity contribution is 0.561. The predicted octanol–water partition coefficient (Wildman–Crippen LogP) is 4.07. The Labute approximate surface area is 102 Å². The fourth-order valence-corrected chi connectivity index (χ4v) is 1.67. The SMILES string of the molecule is Fc1cnc(-c2c(F)ccc(Br)c2F)c(F)c1. The molecule has 0 aliphatic rings. The predicted molar refractivity (Wildman–Crippen MR) is 57.2 cm³/mol. The van der Waals surface area contributed by atoms with E-state index in [0.29, 0.717) is 12.3 Å². The average molecular weight is 306 g/mol. The molecule has 1 heterocycles. The summed E-state index contributed by atoms with van der Waals surface area (Å²) in [6, 6.07) is 2.63. The average Bonchev–Trinajstić information content (AvgIpc) is 2.27. The first-order valence-electron chi connectivity index (χ1n) is 4.45. The molecule has 0 bridgehead atoms. The van der Waals surface area contributed by atoms with Crippen LogP contribution in [0.1, 0.15) is 0 Å². The molecule has 0 aliphatic heterocycles. The first-order valence-corrected chi connectivity index (χ1v) is 5.25. The van der Waals surface area contributed by atoms with Gasteiger partial charge in [0.05, 0.1) is 16.2 Å². The fourth-order valence-electron chi connectivity index (χ4n) is 1.34. The standard InChI is InChI=1S/C11H4BrF4N/c12-6-1-2-7(14)9(10(6)16)11-8(15)3-5(13)4-17-11/h1-4H. The molecule has 0 spiro atoms. The number of hydrogen-bond donors (Lipinski definition) is 0. The Morgan fingerprint density at radius 3 is 2.35 bits per heavy atom. The second-order valence-electron chi connectivity index (χ2n) is 3.20. The van der Waals surface area contributed by atoms with Crippen LogP contribution in [-0.4, -0.2) is 4.98 Å². The lowest BCUT2D eigenvalue weighted by Crippen LogP contribution is -1.97. The molecule has 17 heavy (non-hydrogen) atoms. The lowest BCUT2D eigenvalue weighted by atomic mass is 10.1. The summed E-state index contributed by atoms with van der Waals surface area (Å²) in [5.74, 6) is -3.99. The quantitative estimate of drug-likeness (QED) is 0.572. The van der Waals surface area contributed by atoms with Crippen LogP contribution in [-0.2, 0) is 0 Å². The summed E-state index contributed by atoms with van der Waals surface area (Å²) in [5, 5.41) is 0. The van der Waals surface area contributed by atoms with Crippen LogP contribution in [0.4, 0.5) is 17.6 Å². The zero-order valence-corrected chi connectivity index (χ0v) is 9.73. The maximum absolute atomic E-state index is 13.6.